The standard InChI is InChI=1S/C23H15F2N7O2/c24-14-9-13(30-20(33)17-3-1-2-7-27-17)10-15(25)19(14)31-21(34)23(5-6-23)32-18(11-28-22(31)32)16-4-8-26-12-29-16/h1-4,7-12H,5-6H2,(H,30,33). The van der Waals surface area contributed by atoms with Crippen LogP contribution < -0.4 is 10.2 Å². The number of nitrogens with one attached hydrogen (secondary N) is 1. The molecule has 2 amide bonds. The van der Waals surface area contributed by atoms with Crippen LogP contribution in [0.2, 0.25) is 0 Å². The molecule has 0 bridgehead atoms. The van der Waals surface area contributed by atoms with Crippen LogP contribution in [0.4, 0.5) is 26.1 Å². The van der Waals surface area contributed by atoms with Crippen molar-refractivity contribution >= 4 is 29.1 Å². The fourth-order valence-electron chi connectivity index (χ4n) is 4.24. The minimum Gasteiger partial charge on any atom is -0.320 e. The van der Waals surface area contributed by atoms with E-state index in [9.17, 15) is 9.59 Å². The van der Waals surface area contributed by atoms with Crippen molar-refractivity contribution in [3.63, 3.8) is 0 Å². The number of fused-ring (bicyclic) bond motifs is 2. The van der Waals surface area contributed by atoms with Crippen LogP contribution in [0.3, 0.4) is 0 Å². The second-order valence-electron chi connectivity index (χ2n) is 8.00. The van der Waals surface area contributed by atoms with E-state index in [1.54, 1.807) is 29.0 Å². The van der Waals surface area contributed by atoms with Crippen LogP contribution in [0, 0.1) is 11.6 Å². The molecule has 3 aromatic heterocycles. The van der Waals surface area contributed by atoms with Crippen molar-refractivity contribution in [2.24, 2.45) is 0 Å². The monoisotopic (exact) mass is 459 g/mol. The third-order valence-electron chi connectivity index (χ3n) is 5.94. The van der Waals surface area contributed by atoms with E-state index in [0.717, 1.165) is 17.0 Å². The molecule has 1 fully saturated rings. The summed E-state index contributed by atoms with van der Waals surface area (Å²) >= 11 is 0. The van der Waals surface area contributed by atoms with Crippen molar-refractivity contribution < 1.29 is 18.4 Å². The van der Waals surface area contributed by atoms with E-state index in [2.05, 4.69) is 25.3 Å². The number of amides is 2. The van der Waals surface area contributed by atoms with Gasteiger partial charge in [0.25, 0.3) is 11.8 Å². The molecule has 1 aromatic carbocycles. The quantitative estimate of drug-likeness (QED) is 0.501. The van der Waals surface area contributed by atoms with E-state index in [1.807, 2.05) is 0 Å². The number of hydrogen-bond acceptors (Lipinski definition) is 6. The Kier molecular flexibility index (Phi) is 4.28. The van der Waals surface area contributed by atoms with Gasteiger partial charge in [0, 0.05) is 18.1 Å². The van der Waals surface area contributed by atoms with Gasteiger partial charge in [-0.25, -0.2) is 28.6 Å². The van der Waals surface area contributed by atoms with E-state index < -0.39 is 34.7 Å². The normalized spacial score (nSPS) is 15.5. The second-order valence-corrected chi connectivity index (χ2v) is 8.00. The molecule has 1 aliphatic carbocycles. The lowest BCUT2D eigenvalue weighted by atomic mass is 10.2. The van der Waals surface area contributed by atoms with Crippen molar-refractivity contribution in [1.82, 2.24) is 24.5 Å². The van der Waals surface area contributed by atoms with Crippen LogP contribution in [-0.2, 0) is 10.3 Å². The van der Waals surface area contributed by atoms with Crippen LogP contribution in [0.1, 0.15) is 23.3 Å². The minimum absolute atomic E-state index is 0.0945. The first-order chi connectivity index (χ1) is 16.5. The van der Waals surface area contributed by atoms with Gasteiger partial charge in [-0.2, -0.15) is 0 Å². The van der Waals surface area contributed by atoms with Gasteiger partial charge in [0.15, 0.2) is 11.6 Å². The average molecular weight is 459 g/mol. The molecule has 0 radical (unpaired) electrons. The Hall–Kier alpha value is -4.54. The zero-order valence-electron chi connectivity index (χ0n) is 17.4. The molecule has 0 atom stereocenters. The molecule has 9 nitrogen and oxygen atoms in total. The topological polar surface area (TPSA) is 106 Å². The highest BCUT2D eigenvalue weighted by molar-refractivity contribution is 6.10. The number of benzene rings is 1. The van der Waals surface area contributed by atoms with E-state index in [4.69, 9.17) is 0 Å². The number of nitrogens with zero attached hydrogens (tertiary/aromatic N) is 6. The number of carbonyl (C=O) groups is 2. The van der Waals surface area contributed by atoms with Gasteiger partial charge in [-0.3, -0.25) is 19.1 Å². The summed E-state index contributed by atoms with van der Waals surface area (Å²) in [5.74, 6) is -3.00. The molecular weight excluding hydrogens is 444 g/mol. The molecule has 2 aliphatic rings. The molecule has 4 heterocycles. The first-order valence-electron chi connectivity index (χ1n) is 10.4. The van der Waals surface area contributed by atoms with Crippen molar-refractivity contribution in [3.05, 3.63) is 78.6 Å². The van der Waals surface area contributed by atoms with Gasteiger partial charge in [0.1, 0.15) is 23.2 Å². The summed E-state index contributed by atoms with van der Waals surface area (Å²) in [5.41, 5.74) is -0.402. The SMILES string of the molecule is O=C(Nc1cc(F)c(N2C(=O)C3(CC3)n3c(-c4ccncn4)cnc32)c(F)c1)c1ccccn1. The molecule has 1 aliphatic heterocycles. The Morgan fingerprint density at radius 2 is 1.82 bits per heavy atom. The lowest BCUT2D eigenvalue weighted by Gasteiger charge is -2.18. The van der Waals surface area contributed by atoms with Crippen LogP contribution in [0.15, 0.2) is 61.3 Å². The second kappa shape index (κ2) is 7.24. The molecular formula is C23H15F2N7O2. The van der Waals surface area contributed by atoms with Crippen molar-refractivity contribution in [2.45, 2.75) is 18.4 Å². The summed E-state index contributed by atoms with van der Waals surface area (Å²) in [6, 6.07) is 8.34. The Labute approximate surface area is 191 Å². The largest absolute Gasteiger partial charge is 0.320 e. The predicted molar refractivity (Wildman–Crippen MR) is 116 cm³/mol. The zero-order chi connectivity index (χ0) is 23.4. The van der Waals surface area contributed by atoms with E-state index >= 15 is 8.78 Å². The van der Waals surface area contributed by atoms with Gasteiger partial charge < -0.3 is 5.32 Å². The van der Waals surface area contributed by atoms with Crippen LogP contribution in [-0.4, -0.2) is 36.3 Å². The maximum Gasteiger partial charge on any atom is 0.274 e. The summed E-state index contributed by atoms with van der Waals surface area (Å²) in [6.07, 6.45) is 6.93. The highest BCUT2D eigenvalue weighted by atomic mass is 19.1. The lowest BCUT2D eigenvalue weighted by Crippen LogP contribution is -2.31. The Balaban J connectivity index is 1.39. The van der Waals surface area contributed by atoms with Gasteiger partial charge in [-0.05, 0) is 43.2 Å². The maximum atomic E-state index is 15.2. The molecule has 4 aromatic rings. The lowest BCUT2D eigenvalue weighted by molar-refractivity contribution is -0.120. The number of rotatable bonds is 4. The first-order valence-corrected chi connectivity index (χ1v) is 10.4. The van der Waals surface area contributed by atoms with Crippen LogP contribution in [0.5, 0.6) is 0 Å². The molecule has 1 spiro atoms. The Bertz CT molecular complexity index is 1430. The van der Waals surface area contributed by atoms with Crippen molar-refractivity contribution in [2.75, 3.05) is 10.2 Å². The molecule has 34 heavy (non-hydrogen) atoms. The fourth-order valence-corrected chi connectivity index (χ4v) is 4.24. The fraction of sp³-hybridized carbons (Fsp3) is 0.130. The number of aromatic nitrogens is 5. The van der Waals surface area contributed by atoms with Crippen molar-refractivity contribution in [3.8, 4) is 11.4 Å². The number of halogens is 2. The predicted octanol–water partition coefficient (Wildman–Crippen LogP) is 3.43. The smallest absolute Gasteiger partial charge is 0.274 e. The van der Waals surface area contributed by atoms with Gasteiger partial charge in [0.05, 0.1) is 17.6 Å². The first kappa shape index (κ1) is 20.1. The van der Waals surface area contributed by atoms with Gasteiger partial charge >= 0.3 is 0 Å². The Morgan fingerprint density at radius 1 is 1.03 bits per heavy atom. The van der Waals surface area contributed by atoms with Crippen LogP contribution >= 0.6 is 0 Å². The highest BCUT2D eigenvalue weighted by Crippen LogP contribution is 2.56. The average Bonchev–Trinajstić information content (AvgIpc) is 3.48. The number of carbonyl (C=O) groups excluding carboxylic acids is 2. The zero-order valence-corrected chi connectivity index (χ0v) is 17.4. The van der Waals surface area contributed by atoms with E-state index in [0.29, 0.717) is 24.2 Å². The number of anilines is 3. The number of imidazole rings is 1. The van der Waals surface area contributed by atoms with Gasteiger partial charge in [-0.1, -0.05) is 6.07 Å². The molecule has 6 rings (SSSR count). The molecule has 168 valence electrons. The molecule has 11 heteroatoms. The summed E-state index contributed by atoms with van der Waals surface area (Å²) in [6.45, 7) is 0. The molecule has 0 unspecified atom stereocenters. The minimum atomic E-state index is -1.01. The summed E-state index contributed by atoms with van der Waals surface area (Å²) in [5, 5.41) is 2.42. The van der Waals surface area contributed by atoms with Crippen LogP contribution in [0.25, 0.3) is 11.4 Å². The molecule has 1 saturated carbocycles. The molecule has 1 N–H and O–H groups in total. The third-order valence-corrected chi connectivity index (χ3v) is 5.94. The number of pyridine rings is 1. The molecule has 0 saturated heterocycles. The van der Waals surface area contributed by atoms with Crippen molar-refractivity contribution in [1.29, 1.82) is 0 Å². The summed E-state index contributed by atoms with van der Waals surface area (Å²) in [7, 11) is 0. The summed E-state index contributed by atoms with van der Waals surface area (Å²) in [4.78, 5) is 43.0. The number of hydrogen-bond donors (Lipinski definition) is 1. The third kappa shape index (κ3) is 2.90. The van der Waals surface area contributed by atoms with E-state index in [1.165, 1.54) is 24.8 Å². The van der Waals surface area contributed by atoms with Gasteiger partial charge in [-0.15, -0.1) is 0 Å². The van der Waals surface area contributed by atoms with Gasteiger partial charge in [0.2, 0.25) is 5.95 Å². The maximum absolute atomic E-state index is 15.2. The highest BCUT2D eigenvalue weighted by Gasteiger charge is 2.62. The van der Waals surface area contributed by atoms with E-state index in [-0.39, 0.29) is 17.3 Å². The Morgan fingerprint density at radius 3 is 2.47 bits per heavy atom. The summed E-state index contributed by atoms with van der Waals surface area (Å²) < 4.78 is 32.1.